The number of hydrogen-bond donors (Lipinski definition) is 2. The van der Waals surface area contributed by atoms with Gasteiger partial charge in [-0.15, -0.1) is 0 Å². The molecule has 0 aliphatic heterocycles. The first kappa shape index (κ1) is 9.43. The van der Waals surface area contributed by atoms with Gasteiger partial charge >= 0.3 is 0 Å². The summed E-state index contributed by atoms with van der Waals surface area (Å²) >= 11 is 0. The largest absolute Gasteiger partial charge is 0.352 e. The first-order chi connectivity index (χ1) is 4.70. The molecule has 0 aliphatic rings. The Morgan fingerprint density at radius 3 is 2.70 bits per heavy atom. The molecule has 0 unspecified atom stereocenters. The minimum Gasteiger partial charge on any atom is -0.352 e. The van der Waals surface area contributed by atoms with Crippen LogP contribution in [0.15, 0.2) is 0 Å². The number of carbonyl (C=O) groups is 1. The van der Waals surface area contributed by atoms with Crippen molar-refractivity contribution in [3.63, 3.8) is 0 Å². The van der Waals surface area contributed by atoms with Crippen molar-refractivity contribution in [1.29, 1.82) is 0 Å². The van der Waals surface area contributed by atoms with Crippen molar-refractivity contribution in [2.75, 3.05) is 6.54 Å². The van der Waals surface area contributed by atoms with E-state index in [4.69, 9.17) is 5.73 Å². The molecule has 3 nitrogen and oxygen atoms in total. The van der Waals surface area contributed by atoms with Gasteiger partial charge in [0.25, 0.3) is 0 Å². The fourth-order valence-corrected chi connectivity index (χ4v) is 0.633. The van der Waals surface area contributed by atoms with Gasteiger partial charge in [0.15, 0.2) is 0 Å². The smallest absolute Gasteiger partial charge is 0.220 e. The van der Waals surface area contributed by atoms with E-state index in [1.54, 1.807) is 0 Å². The van der Waals surface area contributed by atoms with Gasteiger partial charge in [-0.3, -0.25) is 4.79 Å². The second-order valence-corrected chi connectivity index (χ2v) is 2.45. The van der Waals surface area contributed by atoms with Crippen molar-refractivity contribution in [3.05, 3.63) is 0 Å². The molecule has 10 heavy (non-hydrogen) atoms. The molecule has 0 aromatic heterocycles. The van der Waals surface area contributed by atoms with E-state index in [2.05, 4.69) is 5.32 Å². The average molecular weight is 144 g/mol. The SMILES string of the molecule is CCCC(=O)N[C@H](C)CN. The molecule has 0 fully saturated rings. The van der Waals surface area contributed by atoms with Crippen molar-refractivity contribution in [2.24, 2.45) is 5.73 Å². The summed E-state index contributed by atoms with van der Waals surface area (Å²) in [6.45, 7) is 4.38. The Morgan fingerprint density at radius 2 is 2.30 bits per heavy atom. The summed E-state index contributed by atoms with van der Waals surface area (Å²) in [5.74, 6) is 0.0976. The lowest BCUT2D eigenvalue weighted by Crippen LogP contribution is -2.37. The molecule has 0 saturated carbocycles. The van der Waals surface area contributed by atoms with Crippen molar-refractivity contribution in [3.8, 4) is 0 Å². The van der Waals surface area contributed by atoms with E-state index in [-0.39, 0.29) is 11.9 Å². The lowest BCUT2D eigenvalue weighted by molar-refractivity contribution is -0.121. The maximum atomic E-state index is 10.8. The Morgan fingerprint density at radius 1 is 1.70 bits per heavy atom. The zero-order valence-electron chi connectivity index (χ0n) is 6.68. The van der Waals surface area contributed by atoms with Crippen LogP contribution in [-0.2, 0) is 4.79 Å². The van der Waals surface area contributed by atoms with Crippen LogP contribution in [0.3, 0.4) is 0 Å². The Labute approximate surface area is 62.0 Å². The summed E-state index contributed by atoms with van der Waals surface area (Å²) in [6.07, 6.45) is 1.49. The predicted molar refractivity (Wildman–Crippen MR) is 41.6 cm³/mol. The number of hydrogen-bond acceptors (Lipinski definition) is 2. The summed E-state index contributed by atoms with van der Waals surface area (Å²) in [5, 5.41) is 2.77. The van der Waals surface area contributed by atoms with Gasteiger partial charge in [0, 0.05) is 19.0 Å². The van der Waals surface area contributed by atoms with Gasteiger partial charge in [0.05, 0.1) is 0 Å². The highest BCUT2D eigenvalue weighted by atomic mass is 16.1. The fraction of sp³-hybridized carbons (Fsp3) is 0.857. The van der Waals surface area contributed by atoms with Crippen LogP contribution in [0, 0.1) is 0 Å². The van der Waals surface area contributed by atoms with Gasteiger partial charge in [0.2, 0.25) is 5.91 Å². The predicted octanol–water partition coefficient (Wildman–Crippen LogP) is 0.250. The summed E-state index contributed by atoms with van der Waals surface area (Å²) in [4.78, 5) is 10.8. The molecule has 0 aliphatic carbocycles. The zero-order valence-corrected chi connectivity index (χ0v) is 6.68. The van der Waals surface area contributed by atoms with Crippen LogP contribution in [0.25, 0.3) is 0 Å². The molecule has 0 saturated heterocycles. The third-order valence-electron chi connectivity index (χ3n) is 1.24. The molecule has 0 spiro atoms. The molecule has 1 atom stereocenters. The Balaban J connectivity index is 3.37. The maximum absolute atomic E-state index is 10.8. The molecule has 1 amide bonds. The van der Waals surface area contributed by atoms with Gasteiger partial charge in [-0.05, 0) is 13.3 Å². The van der Waals surface area contributed by atoms with Gasteiger partial charge in [-0.2, -0.15) is 0 Å². The van der Waals surface area contributed by atoms with E-state index >= 15 is 0 Å². The summed E-state index contributed by atoms with van der Waals surface area (Å²) in [6, 6.07) is 0.110. The van der Waals surface area contributed by atoms with Crippen LogP contribution < -0.4 is 11.1 Å². The molecule has 0 heterocycles. The third kappa shape index (κ3) is 4.32. The molecule has 0 bridgehead atoms. The minimum atomic E-state index is 0.0976. The molecule has 0 radical (unpaired) electrons. The van der Waals surface area contributed by atoms with E-state index in [9.17, 15) is 4.79 Å². The van der Waals surface area contributed by atoms with Crippen molar-refractivity contribution < 1.29 is 4.79 Å². The van der Waals surface area contributed by atoms with Crippen molar-refractivity contribution >= 4 is 5.91 Å². The van der Waals surface area contributed by atoms with Gasteiger partial charge < -0.3 is 11.1 Å². The van der Waals surface area contributed by atoms with Crippen LogP contribution >= 0.6 is 0 Å². The van der Waals surface area contributed by atoms with E-state index in [0.717, 1.165) is 6.42 Å². The van der Waals surface area contributed by atoms with Crippen LogP contribution in [0.2, 0.25) is 0 Å². The number of nitrogens with two attached hydrogens (primary N) is 1. The lowest BCUT2D eigenvalue weighted by atomic mass is 10.3. The standard InChI is InChI=1S/C7H16N2O/c1-3-4-7(10)9-6(2)5-8/h6H,3-5,8H2,1-2H3,(H,9,10)/t6-/m1/s1. The number of nitrogens with one attached hydrogen (secondary N) is 1. The molecular formula is C7H16N2O. The van der Waals surface area contributed by atoms with E-state index in [1.807, 2.05) is 13.8 Å². The summed E-state index contributed by atoms with van der Waals surface area (Å²) < 4.78 is 0. The summed E-state index contributed by atoms with van der Waals surface area (Å²) in [7, 11) is 0. The molecule has 0 rings (SSSR count). The number of amides is 1. The number of carbonyl (C=O) groups excluding carboxylic acids is 1. The van der Waals surface area contributed by atoms with Gasteiger partial charge in [0.1, 0.15) is 0 Å². The van der Waals surface area contributed by atoms with Crippen LogP contribution in [0.5, 0.6) is 0 Å². The summed E-state index contributed by atoms with van der Waals surface area (Å²) in [5.41, 5.74) is 5.30. The maximum Gasteiger partial charge on any atom is 0.220 e. The quantitative estimate of drug-likeness (QED) is 0.594. The molecular weight excluding hydrogens is 128 g/mol. The average Bonchev–Trinajstić information content (AvgIpc) is 1.88. The van der Waals surface area contributed by atoms with E-state index < -0.39 is 0 Å². The zero-order chi connectivity index (χ0) is 7.98. The normalized spacial score (nSPS) is 12.7. The molecule has 3 N–H and O–H groups in total. The topological polar surface area (TPSA) is 55.1 Å². The Kier molecular flexibility index (Phi) is 4.94. The number of rotatable bonds is 4. The van der Waals surface area contributed by atoms with Gasteiger partial charge in [-0.1, -0.05) is 6.92 Å². The Bertz CT molecular complexity index is 104. The van der Waals surface area contributed by atoms with Crippen LogP contribution in [0.1, 0.15) is 26.7 Å². The molecule has 3 heteroatoms. The highest BCUT2D eigenvalue weighted by Gasteiger charge is 2.02. The molecule has 60 valence electrons. The second-order valence-electron chi connectivity index (χ2n) is 2.45. The van der Waals surface area contributed by atoms with Crippen LogP contribution in [0.4, 0.5) is 0 Å². The van der Waals surface area contributed by atoms with Gasteiger partial charge in [-0.25, -0.2) is 0 Å². The van der Waals surface area contributed by atoms with E-state index in [0.29, 0.717) is 13.0 Å². The highest BCUT2D eigenvalue weighted by Crippen LogP contribution is 1.86. The van der Waals surface area contributed by atoms with Crippen molar-refractivity contribution in [2.45, 2.75) is 32.7 Å². The second kappa shape index (κ2) is 5.23. The van der Waals surface area contributed by atoms with E-state index in [1.165, 1.54) is 0 Å². The van der Waals surface area contributed by atoms with Crippen LogP contribution in [-0.4, -0.2) is 18.5 Å². The highest BCUT2D eigenvalue weighted by molar-refractivity contribution is 5.76. The first-order valence-electron chi connectivity index (χ1n) is 3.70. The minimum absolute atomic E-state index is 0.0976. The molecule has 0 aromatic carbocycles. The third-order valence-corrected chi connectivity index (χ3v) is 1.24. The van der Waals surface area contributed by atoms with Crippen molar-refractivity contribution in [1.82, 2.24) is 5.32 Å². The lowest BCUT2D eigenvalue weighted by Gasteiger charge is -2.09. The monoisotopic (exact) mass is 144 g/mol. The fourth-order valence-electron chi connectivity index (χ4n) is 0.633. The Hall–Kier alpha value is -0.570. The first-order valence-corrected chi connectivity index (χ1v) is 3.70. The molecule has 0 aromatic rings.